The first kappa shape index (κ1) is 19.8. The average molecular weight is 339 g/mol. The van der Waals surface area contributed by atoms with E-state index in [0.29, 0.717) is 6.42 Å². The summed E-state index contributed by atoms with van der Waals surface area (Å²) in [6, 6.07) is 0. The fourth-order valence-corrected chi connectivity index (χ4v) is 5.10. The molecule has 2 aliphatic carbocycles. The number of hydrogen-bond acceptors (Lipinski definition) is 2. The fraction of sp³-hybridized carbons (Fsp3) is 0.952. The van der Waals surface area contributed by atoms with Crippen LogP contribution in [0.2, 0.25) is 0 Å². The van der Waals surface area contributed by atoms with E-state index in [1.165, 1.54) is 64.2 Å². The minimum absolute atomic E-state index is 0.336. The molecule has 0 aromatic heterocycles. The summed E-state index contributed by atoms with van der Waals surface area (Å²) in [5, 5.41) is 8.69. The van der Waals surface area contributed by atoms with Crippen LogP contribution in [-0.4, -0.2) is 24.3 Å². The first-order valence-electron chi connectivity index (χ1n) is 10.5. The van der Waals surface area contributed by atoms with Crippen molar-refractivity contribution in [2.45, 2.75) is 90.4 Å². The van der Waals surface area contributed by atoms with Gasteiger partial charge >= 0.3 is 5.97 Å². The van der Waals surface area contributed by atoms with Gasteiger partial charge in [0.25, 0.3) is 0 Å². The molecule has 24 heavy (non-hydrogen) atoms. The van der Waals surface area contributed by atoms with Crippen LogP contribution in [0.4, 0.5) is 0 Å². The van der Waals surface area contributed by atoms with Crippen LogP contribution in [-0.2, 0) is 9.53 Å². The Hall–Kier alpha value is -0.570. The summed E-state index contributed by atoms with van der Waals surface area (Å²) in [6.45, 7) is 4.20. The molecule has 0 spiro atoms. The number of aliphatic carboxylic acids is 1. The summed E-state index contributed by atoms with van der Waals surface area (Å²) in [6.07, 6.45) is 15.6. The highest BCUT2D eigenvalue weighted by molar-refractivity contribution is 5.66. The zero-order valence-corrected chi connectivity index (χ0v) is 15.7. The van der Waals surface area contributed by atoms with Gasteiger partial charge in [-0.1, -0.05) is 45.4 Å². The normalized spacial score (nSPS) is 28.5. The number of fused-ring (bicyclic) bond motifs is 2. The van der Waals surface area contributed by atoms with Crippen molar-refractivity contribution in [3.05, 3.63) is 0 Å². The highest BCUT2D eigenvalue weighted by Crippen LogP contribution is 2.54. The van der Waals surface area contributed by atoms with Crippen molar-refractivity contribution in [1.82, 2.24) is 0 Å². The van der Waals surface area contributed by atoms with Gasteiger partial charge in [-0.2, -0.15) is 0 Å². The molecule has 2 bridgehead atoms. The minimum atomic E-state index is -0.653. The monoisotopic (exact) mass is 338 g/mol. The maximum Gasteiger partial charge on any atom is 0.303 e. The lowest BCUT2D eigenvalue weighted by molar-refractivity contribution is -0.137. The molecule has 0 heterocycles. The SMILES string of the molecule is CCCCCCOC[C@H]1[C@H]2CC[C@H](C2)[C@H]1CCCCCCC(=O)O. The smallest absolute Gasteiger partial charge is 0.303 e. The van der Waals surface area contributed by atoms with Gasteiger partial charge in [-0.15, -0.1) is 0 Å². The molecular weight excluding hydrogens is 300 g/mol. The Balaban J connectivity index is 1.59. The van der Waals surface area contributed by atoms with E-state index >= 15 is 0 Å². The Labute approximate surface area is 148 Å². The van der Waals surface area contributed by atoms with Gasteiger partial charge in [-0.3, -0.25) is 4.79 Å². The van der Waals surface area contributed by atoms with E-state index in [0.717, 1.165) is 49.7 Å². The molecule has 3 heteroatoms. The van der Waals surface area contributed by atoms with Crippen LogP contribution in [0.3, 0.4) is 0 Å². The van der Waals surface area contributed by atoms with Gasteiger partial charge in [0.15, 0.2) is 0 Å². The van der Waals surface area contributed by atoms with Gasteiger partial charge in [0.2, 0.25) is 0 Å². The molecule has 2 rings (SSSR count). The average Bonchev–Trinajstić information content (AvgIpc) is 3.15. The van der Waals surface area contributed by atoms with E-state index in [2.05, 4.69) is 6.92 Å². The van der Waals surface area contributed by atoms with Crippen molar-refractivity contribution in [3.63, 3.8) is 0 Å². The van der Waals surface area contributed by atoms with Gasteiger partial charge in [0.05, 0.1) is 0 Å². The summed E-state index contributed by atoms with van der Waals surface area (Å²) < 4.78 is 6.05. The Morgan fingerprint density at radius 1 is 0.958 bits per heavy atom. The molecule has 2 fully saturated rings. The van der Waals surface area contributed by atoms with E-state index in [1.807, 2.05) is 0 Å². The van der Waals surface area contributed by atoms with Crippen molar-refractivity contribution >= 4 is 5.97 Å². The summed E-state index contributed by atoms with van der Waals surface area (Å²) in [5.41, 5.74) is 0. The third kappa shape index (κ3) is 6.38. The van der Waals surface area contributed by atoms with Crippen molar-refractivity contribution in [2.24, 2.45) is 23.7 Å². The molecule has 0 aliphatic heterocycles. The molecular formula is C21H38O3. The highest BCUT2D eigenvalue weighted by atomic mass is 16.5. The van der Waals surface area contributed by atoms with E-state index < -0.39 is 5.97 Å². The lowest BCUT2D eigenvalue weighted by atomic mass is 9.77. The third-order valence-electron chi connectivity index (χ3n) is 6.41. The topological polar surface area (TPSA) is 46.5 Å². The zero-order valence-electron chi connectivity index (χ0n) is 15.7. The lowest BCUT2D eigenvalue weighted by Gasteiger charge is -2.31. The van der Waals surface area contributed by atoms with E-state index in [-0.39, 0.29) is 0 Å². The van der Waals surface area contributed by atoms with Crippen molar-refractivity contribution < 1.29 is 14.6 Å². The molecule has 4 atom stereocenters. The second kappa shape index (κ2) is 11.1. The molecule has 0 aromatic carbocycles. The summed E-state index contributed by atoms with van der Waals surface area (Å²) in [7, 11) is 0. The zero-order chi connectivity index (χ0) is 17.2. The predicted molar refractivity (Wildman–Crippen MR) is 98.1 cm³/mol. The number of rotatable bonds is 14. The molecule has 0 aromatic rings. The molecule has 140 valence electrons. The first-order chi connectivity index (χ1) is 11.7. The Bertz CT molecular complexity index is 355. The van der Waals surface area contributed by atoms with Crippen molar-refractivity contribution in [3.8, 4) is 0 Å². The second-order valence-electron chi connectivity index (χ2n) is 8.14. The number of carbonyl (C=O) groups is 1. The van der Waals surface area contributed by atoms with Crippen molar-refractivity contribution in [2.75, 3.05) is 13.2 Å². The van der Waals surface area contributed by atoms with Crippen LogP contribution in [0, 0.1) is 23.7 Å². The molecule has 1 N–H and O–H groups in total. The fourth-order valence-electron chi connectivity index (χ4n) is 5.10. The Morgan fingerprint density at radius 2 is 1.67 bits per heavy atom. The molecule has 3 nitrogen and oxygen atoms in total. The summed E-state index contributed by atoms with van der Waals surface area (Å²) >= 11 is 0. The van der Waals surface area contributed by atoms with Gasteiger partial charge in [-0.25, -0.2) is 0 Å². The quantitative estimate of drug-likeness (QED) is 0.415. The van der Waals surface area contributed by atoms with Crippen LogP contribution >= 0.6 is 0 Å². The second-order valence-corrected chi connectivity index (χ2v) is 8.14. The first-order valence-corrected chi connectivity index (χ1v) is 10.5. The van der Waals surface area contributed by atoms with Gasteiger partial charge in [0, 0.05) is 19.6 Å². The number of carboxylic acid groups (broad SMARTS) is 1. The Kier molecular flexibility index (Phi) is 9.15. The van der Waals surface area contributed by atoms with E-state index in [1.54, 1.807) is 0 Å². The van der Waals surface area contributed by atoms with Gasteiger partial charge < -0.3 is 9.84 Å². The Morgan fingerprint density at radius 3 is 2.42 bits per heavy atom. The van der Waals surface area contributed by atoms with Crippen LogP contribution < -0.4 is 0 Å². The molecule has 2 aliphatic rings. The van der Waals surface area contributed by atoms with Crippen molar-refractivity contribution in [1.29, 1.82) is 0 Å². The maximum atomic E-state index is 10.5. The van der Waals surface area contributed by atoms with Gasteiger partial charge in [0.1, 0.15) is 0 Å². The van der Waals surface area contributed by atoms with Crippen LogP contribution in [0.25, 0.3) is 0 Å². The molecule has 2 saturated carbocycles. The lowest BCUT2D eigenvalue weighted by Crippen LogP contribution is -2.26. The van der Waals surface area contributed by atoms with Crippen LogP contribution in [0.15, 0.2) is 0 Å². The molecule has 0 unspecified atom stereocenters. The van der Waals surface area contributed by atoms with Crippen LogP contribution in [0.1, 0.15) is 90.4 Å². The molecule has 0 amide bonds. The van der Waals surface area contributed by atoms with E-state index in [9.17, 15) is 4.79 Å². The predicted octanol–water partition coefficient (Wildman–Crippen LogP) is 5.67. The molecule has 0 saturated heterocycles. The summed E-state index contributed by atoms with van der Waals surface area (Å²) in [4.78, 5) is 10.5. The maximum absolute atomic E-state index is 10.5. The third-order valence-corrected chi connectivity index (χ3v) is 6.41. The number of ether oxygens (including phenoxy) is 1. The number of hydrogen-bond donors (Lipinski definition) is 1. The summed E-state index contributed by atoms with van der Waals surface area (Å²) in [5.74, 6) is 2.94. The minimum Gasteiger partial charge on any atom is -0.481 e. The number of carboxylic acids is 1. The molecule has 0 radical (unpaired) electrons. The largest absolute Gasteiger partial charge is 0.481 e. The standard InChI is InChI=1S/C21H38O3/c1-2-3-4-9-14-24-16-20-18-13-12-17(15-18)19(20)10-7-5-6-8-11-21(22)23/h17-20H,2-16H2,1H3,(H,22,23)/t17-,18+,19-,20+/m1/s1. The van der Waals surface area contributed by atoms with Crippen LogP contribution in [0.5, 0.6) is 0 Å². The van der Waals surface area contributed by atoms with E-state index in [4.69, 9.17) is 9.84 Å². The van der Waals surface area contributed by atoms with Gasteiger partial charge in [-0.05, 0) is 62.2 Å². The highest BCUT2D eigenvalue weighted by Gasteiger charge is 2.46. The number of unbranched alkanes of at least 4 members (excludes halogenated alkanes) is 6.